The Morgan fingerprint density at radius 1 is 0.864 bits per heavy atom. The molecule has 244 valence electrons. The number of carbonyl (C=O) groups is 2. The molecule has 3 rings (SSSR count). The number of aliphatic hydroxyl groups is 1. The molecule has 6 nitrogen and oxygen atoms in total. The first-order valence-corrected chi connectivity index (χ1v) is 14.7. The van der Waals surface area contributed by atoms with E-state index in [-0.39, 0.29) is 48.8 Å². The van der Waals surface area contributed by atoms with Crippen LogP contribution in [0.1, 0.15) is 82.6 Å². The molecule has 1 aliphatic rings. The van der Waals surface area contributed by atoms with Gasteiger partial charge in [-0.1, -0.05) is 77.8 Å². The summed E-state index contributed by atoms with van der Waals surface area (Å²) in [7, 11) is 0. The standard InChI is InChI=1S/C32H40F6N2O4/c1-6-13-21-19-24(30(43,31(33,34)35)32(36,37)38)20-22(14-7-2)25(21)44-18-12-11-17-40-26(41)29(28(3,4)5,39-27(40)42)23-15-9-8-10-16-23/h8-10,15-16,19-20,43H,6-7,11-14,17-18H2,1-5H3,(H,39,42). The van der Waals surface area contributed by atoms with Crippen molar-refractivity contribution in [2.45, 2.75) is 96.6 Å². The molecule has 0 aromatic heterocycles. The fraction of sp³-hybridized carbons (Fsp3) is 0.562. The van der Waals surface area contributed by atoms with Crippen LogP contribution in [0.15, 0.2) is 42.5 Å². The Labute approximate surface area is 253 Å². The molecule has 0 saturated carbocycles. The smallest absolute Gasteiger partial charge is 0.430 e. The number of halogens is 6. The number of hydrogen-bond donors (Lipinski definition) is 2. The summed E-state index contributed by atoms with van der Waals surface area (Å²) in [6.45, 7) is 9.18. The van der Waals surface area contributed by atoms with E-state index in [1.165, 1.54) is 0 Å². The quantitative estimate of drug-likeness (QED) is 0.144. The van der Waals surface area contributed by atoms with Gasteiger partial charge in [-0.05, 0) is 59.9 Å². The molecule has 2 N–H and O–H groups in total. The molecule has 1 unspecified atom stereocenters. The van der Waals surface area contributed by atoms with Crippen LogP contribution in [0.5, 0.6) is 5.75 Å². The van der Waals surface area contributed by atoms with E-state index in [9.17, 15) is 41.0 Å². The van der Waals surface area contributed by atoms with Crippen LogP contribution >= 0.6 is 0 Å². The minimum Gasteiger partial charge on any atom is -0.493 e. The lowest BCUT2D eigenvalue weighted by atomic mass is 9.69. The topological polar surface area (TPSA) is 78.9 Å². The second-order valence-electron chi connectivity index (χ2n) is 12.1. The zero-order valence-corrected chi connectivity index (χ0v) is 25.6. The van der Waals surface area contributed by atoms with Gasteiger partial charge in [0.2, 0.25) is 0 Å². The average molecular weight is 631 g/mol. The van der Waals surface area contributed by atoms with E-state index >= 15 is 0 Å². The first-order valence-electron chi connectivity index (χ1n) is 14.7. The van der Waals surface area contributed by atoms with Crippen LogP contribution in [0.3, 0.4) is 0 Å². The molecule has 0 radical (unpaired) electrons. The molecule has 0 spiro atoms. The van der Waals surface area contributed by atoms with Gasteiger partial charge in [-0.3, -0.25) is 9.69 Å². The van der Waals surface area contributed by atoms with Crippen molar-refractivity contribution in [3.05, 3.63) is 64.7 Å². The maximum atomic E-state index is 13.7. The van der Waals surface area contributed by atoms with Crippen LogP contribution in [-0.2, 0) is 28.8 Å². The highest BCUT2D eigenvalue weighted by atomic mass is 19.4. The number of benzene rings is 2. The van der Waals surface area contributed by atoms with E-state index < -0.39 is 40.5 Å². The molecular formula is C32H40F6N2O4. The van der Waals surface area contributed by atoms with Crippen LogP contribution in [-0.4, -0.2) is 47.4 Å². The Bertz CT molecular complexity index is 1280. The molecule has 44 heavy (non-hydrogen) atoms. The summed E-state index contributed by atoms with van der Waals surface area (Å²) in [4.78, 5) is 27.8. The van der Waals surface area contributed by atoms with Crippen LogP contribution in [0.25, 0.3) is 0 Å². The van der Waals surface area contributed by atoms with Crippen molar-refractivity contribution >= 4 is 11.9 Å². The van der Waals surface area contributed by atoms with E-state index in [4.69, 9.17) is 4.74 Å². The normalized spacial score (nSPS) is 18.1. The highest BCUT2D eigenvalue weighted by Gasteiger charge is 2.71. The lowest BCUT2D eigenvalue weighted by Crippen LogP contribution is -2.54. The monoisotopic (exact) mass is 630 g/mol. The lowest BCUT2D eigenvalue weighted by molar-refractivity contribution is -0.376. The minimum atomic E-state index is -6.00. The summed E-state index contributed by atoms with van der Waals surface area (Å²) in [6.07, 6.45) is -10.2. The van der Waals surface area contributed by atoms with E-state index in [2.05, 4.69) is 5.32 Å². The Hall–Kier alpha value is -3.28. The Kier molecular flexibility index (Phi) is 10.4. The highest BCUT2D eigenvalue weighted by molar-refractivity contribution is 6.08. The Balaban J connectivity index is 1.80. The summed E-state index contributed by atoms with van der Waals surface area (Å²) < 4.78 is 87.8. The van der Waals surface area contributed by atoms with Crippen molar-refractivity contribution in [1.29, 1.82) is 0 Å². The lowest BCUT2D eigenvalue weighted by Gasteiger charge is -2.39. The zero-order chi connectivity index (χ0) is 33.1. The summed E-state index contributed by atoms with van der Waals surface area (Å²) in [5, 5.41) is 12.9. The van der Waals surface area contributed by atoms with Gasteiger partial charge >= 0.3 is 18.4 Å². The number of carbonyl (C=O) groups excluding carboxylic acids is 2. The fourth-order valence-electron chi connectivity index (χ4n) is 5.70. The summed E-state index contributed by atoms with van der Waals surface area (Å²) >= 11 is 0. The fourth-order valence-corrected chi connectivity index (χ4v) is 5.70. The number of unbranched alkanes of at least 4 members (excludes halogenated alkanes) is 1. The number of ether oxygens (including phenoxy) is 1. The van der Waals surface area contributed by atoms with Crippen molar-refractivity contribution in [2.75, 3.05) is 13.2 Å². The van der Waals surface area contributed by atoms with E-state index in [1.54, 1.807) is 38.1 Å². The van der Waals surface area contributed by atoms with E-state index in [1.807, 2.05) is 26.8 Å². The summed E-state index contributed by atoms with van der Waals surface area (Å²) in [5.74, 6) is -0.190. The number of aryl methyl sites for hydroxylation is 2. The molecule has 1 heterocycles. The van der Waals surface area contributed by atoms with Gasteiger partial charge in [0.1, 0.15) is 5.75 Å². The molecule has 3 amide bonds. The van der Waals surface area contributed by atoms with Crippen LogP contribution < -0.4 is 10.1 Å². The van der Waals surface area contributed by atoms with Gasteiger partial charge in [0, 0.05) is 12.1 Å². The molecule has 1 aliphatic heterocycles. The second-order valence-corrected chi connectivity index (χ2v) is 12.1. The summed E-state index contributed by atoms with van der Waals surface area (Å²) in [6, 6.07) is 9.90. The van der Waals surface area contributed by atoms with Gasteiger partial charge in [0.15, 0.2) is 5.54 Å². The number of urea groups is 1. The van der Waals surface area contributed by atoms with E-state index in [0.717, 1.165) is 17.0 Å². The first-order chi connectivity index (χ1) is 20.4. The highest BCUT2D eigenvalue weighted by Crippen LogP contribution is 2.51. The van der Waals surface area contributed by atoms with Crippen LogP contribution in [0.2, 0.25) is 0 Å². The molecule has 1 saturated heterocycles. The molecule has 0 aliphatic carbocycles. The maximum absolute atomic E-state index is 13.7. The van der Waals surface area contributed by atoms with Gasteiger partial charge in [0.25, 0.3) is 11.5 Å². The SMILES string of the molecule is CCCc1cc(C(O)(C(F)(F)F)C(F)(F)F)cc(CCC)c1OCCCCN1C(=O)NC(c2ccccc2)(C(C)(C)C)C1=O. The number of nitrogens with zero attached hydrogens (tertiary/aromatic N) is 1. The number of imide groups is 1. The predicted molar refractivity (Wildman–Crippen MR) is 153 cm³/mol. The average Bonchev–Trinajstić information content (AvgIpc) is 3.18. The van der Waals surface area contributed by atoms with Crippen molar-refractivity contribution in [2.24, 2.45) is 5.41 Å². The number of rotatable bonds is 12. The van der Waals surface area contributed by atoms with Crippen molar-refractivity contribution in [3.8, 4) is 5.75 Å². The van der Waals surface area contributed by atoms with Gasteiger partial charge in [0.05, 0.1) is 6.61 Å². The molecular weight excluding hydrogens is 590 g/mol. The number of alkyl halides is 6. The third-order valence-corrected chi connectivity index (χ3v) is 7.98. The molecule has 2 aromatic carbocycles. The van der Waals surface area contributed by atoms with Gasteiger partial charge < -0.3 is 15.2 Å². The van der Waals surface area contributed by atoms with E-state index in [0.29, 0.717) is 31.2 Å². The molecule has 0 bridgehead atoms. The van der Waals surface area contributed by atoms with Crippen molar-refractivity contribution < 1.29 is 45.8 Å². The van der Waals surface area contributed by atoms with Gasteiger partial charge in [-0.15, -0.1) is 0 Å². The molecule has 1 atom stereocenters. The molecule has 12 heteroatoms. The maximum Gasteiger partial charge on any atom is 0.430 e. The third kappa shape index (κ3) is 6.41. The second kappa shape index (κ2) is 13.0. The Morgan fingerprint density at radius 3 is 1.84 bits per heavy atom. The number of hydrogen-bond acceptors (Lipinski definition) is 4. The molecule has 2 aromatic rings. The number of amides is 3. The van der Waals surface area contributed by atoms with Crippen molar-refractivity contribution in [1.82, 2.24) is 10.2 Å². The Morgan fingerprint density at radius 2 is 1.39 bits per heavy atom. The minimum absolute atomic E-state index is 0.0440. The van der Waals surface area contributed by atoms with Crippen LogP contribution in [0, 0.1) is 5.41 Å². The summed E-state index contributed by atoms with van der Waals surface area (Å²) in [5.41, 5.74) is -7.32. The first kappa shape index (κ1) is 35.2. The van der Waals surface area contributed by atoms with Crippen LogP contribution in [0.4, 0.5) is 31.1 Å². The van der Waals surface area contributed by atoms with Gasteiger partial charge in [-0.25, -0.2) is 4.79 Å². The van der Waals surface area contributed by atoms with Crippen molar-refractivity contribution in [3.63, 3.8) is 0 Å². The third-order valence-electron chi connectivity index (χ3n) is 7.98. The molecule has 1 fully saturated rings. The zero-order valence-electron chi connectivity index (χ0n) is 25.6. The van der Waals surface area contributed by atoms with Gasteiger partial charge in [-0.2, -0.15) is 26.3 Å². The predicted octanol–water partition coefficient (Wildman–Crippen LogP) is 7.56. The number of nitrogens with one attached hydrogen (secondary N) is 1. The largest absolute Gasteiger partial charge is 0.493 e.